The molecule has 0 saturated carbocycles. The molecule has 3 nitrogen and oxygen atoms in total. The summed E-state index contributed by atoms with van der Waals surface area (Å²) in [6.07, 6.45) is 0. The van der Waals surface area contributed by atoms with Gasteiger partial charge in [-0.1, -0.05) is 331 Å². The Balaban J connectivity index is 0.474. The molecule has 23 aromatic rings. The van der Waals surface area contributed by atoms with Gasteiger partial charge < -0.3 is 14.2 Å². The SMILES string of the molecule is CC1(C)c2cc(-c3ccc4sc5cc(-c6ccc(-c7ccc(N(c8ccc(-c9ccccc9)cc8)c8ccc9c(c8)oc8ccccc89)cc7)c7c6C6c8ccccc8C7c7ccccc76)ccc5c4c3)ccc2-c2ccc(N(c3ccccc3)c3ccc4c(c3)C(C)(C)c3cc(-c5ccc(-c6cccc7c6sc6ccccc67)c6c5C5c7ccccc7C57c5ccccc5C67)ccc3-4)cc21. The molecule has 3 aromatic heterocycles. The fourth-order valence-electron chi connectivity index (χ4n) is 26.5. The number of rotatable bonds is 12. The Morgan fingerprint density at radius 2 is 0.610 bits per heavy atom. The molecule has 3 atom stereocenters. The normalized spacial score (nSPS) is 17.3. The molecule has 0 N–H and O–H groups in total. The van der Waals surface area contributed by atoms with E-state index >= 15 is 0 Å². The number of benzene rings is 20. The number of fused-ring (bicyclic) bond motifs is 22. The van der Waals surface area contributed by atoms with Crippen molar-refractivity contribution in [2.45, 2.75) is 67.6 Å². The second-order valence-corrected chi connectivity index (χ2v) is 41.9. The molecule has 2 bridgehead atoms. The number of thiophene rings is 2. The molecular formula is C131H86N2OS2. The first-order chi connectivity index (χ1) is 66.9. The summed E-state index contributed by atoms with van der Waals surface area (Å²) in [4.78, 5) is 4.87. The second-order valence-electron chi connectivity index (χ2n) is 39.8. The van der Waals surface area contributed by atoms with Crippen molar-refractivity contribution in [3.05, 3.63) is 514 Å². The third-order valence-corrected chi connectivity index (χ3v) is 34.9. The lowest BCUT2D eigenvalue weighted by Crippen LogP contribution is -2.52. The Labute approximate surface area is 797 Å². The van der Waals surface area contributed by atoms with Crippen molar-refractivity contribution in [2.24, 2.45) is 0 Å². The van der Waals surface area contributed by atoms with Gasteiger partial charge in [0, 0.05) is 131 Å². The van der Waals surface area contributed by atoms with Gasteiger partial charge in [-0.3, -0.25) is 0 Å². The van der Waals surface area contributed by atoms with E-state index in [1.165, 1.54) is 218 Å². The third kappa shape index (κ3) is 10.5. The minimum Gasteiger partial charge on any atom is -0.456 e. The summed E-state index contributed by atoms with van der Waals surface area (Å²) in [6.45, 7) is 9.81. The molecule has 1 spiro atoms. The van der Waals surface area contributed by atoms with Crippen LogP contribution >= 0.6 is 22.7 Å². The van der Waals surface area contributed by atoms with Crippen LogP contribution in [-0.2, 0) is 16.2 Å². The molecule has 3 unspecified atom stereocenters. The van der Waals surface area contributed by atoms with E-state index in [0.717, 1.165) is 56.1 Å². The molecule has 0 fully saturated rings. The lowest BCUT2D eigenvalue weighted by atomic mass is 9.43. The molecule has 0 aliphatic heterocycles. The van der Waals surface area contributed by atoms with Gasteiger partial charge in [-0.2, -0.15) is 0 Å². The number of anilines is 6. The first-order valence-electron chi connectivity index (χ1n) is 47.9. The van der Waals surface area contributed by atoms with Gasteiger partial charge >= 0.3 is 0 Å². The van der Waals surface area contributed by atoms with Gasteiger partial charge in [0.1, 0.15) is 11.2 Å². The van der Waals surface area contributed by atoms with E-state index in [0.29, 0.717) is 0 Å². The highest BCUT2D eigenvalue weighted by Gasteiger charge is 2.70. The van der Waals surface area contributed by atoms with Gasteiger partial charge in [-0.25, -0.2) is 0 Å². The Kier molecular flexibility index (Phi) is 15.9. The van der Waals surface area contributed by atoms with Crippen molar-refractivity contribution < 1.29 is 4.42 Å². The Morgan fingerprint density at radius 3 is 1.26 bits per heavy atom. The summed E-state index contributed by atoms with van der Waals surface area (Å²) in [7, 11) is 0. The molecule has 8 aliphatic rings. The smallest absolute Gasteiger partial charge is 0.137 e. The van der Waals surface area contributed by atoms with Crippen molar-refractivity contribution >= 4 is 119 Å². The average molecular weight is 1770 g/mol. The van der Waals surface area contributed by atoms with E-state index in [4.69, 9.17) is 4.42 Å². The molecule has 136 heavy (non-hydrogen) atoms. The number of hydrogen-bond acceptors (Lipinski definition) is 5. The first-order valence-corrected chi connectivity index (χ1v) is 49.6. The van der Waals surface area contributed by atoms with Crippen molar-refractivity contribution in [3.63, 3.8) is 0 Å². The van der Waals surface area contributed by atoms with E-state index in [2.05, 4.69) is 456 Å². The molecule has 3 heterocycles. The third-order valence-electron chi connectivity index (χ3n) is 32.6. The fourth-order valence-corrected chi connectivity index (χ4v) is 28.9. The zero-order valence-corrected chi connectivity index (χ0v) is 77.0. The van der Waals surface area contributed by atoms with Crippen LogP contribution in [0.5, 0.6) is 0 Å². The molecule has 31 rings (SSSR count). The van der Waals surface area contributed by atoms with Crippen LogP contribution in [0.4, 0.5) is 34.1 Å². The van der Waals surface area contributed by atoms with Crippen LogP contribution in [0.3, 0.4) is 0 Å². The minimum absolute atomic E-state index is 0.0571. The van der Waals surface area contributed by atoms with Gasteiger partial charge in [0.25, 0.3) is 0 Å². The van der Waals surface area contributed by atoms with E-state index in [1.807, 2.05) is 28.7 Å². The van der Waals surface area contributed by atoms with Crippen molar-refractivity contribution in [3.8, 4) is 89.0 Å². The lowest BCUT2D eigenvalue weighted by molar-refractivity contribution is 0.333. The van der Waals surface area contributed by atoms with Crippen LogP contribution in [-0.4, -0.2) is 0 Å². The maximum atomic E-state index is 6.56. The molecule has 5 heteroatoms. The standard InChI is InChI=1S/C131H86N2OS2/c1-129(2)111-69-79(78-49-67-118-108(68-78)98-59-48-81(71-119(98)135-118)89-64-63-88(122-120-99-30-11-13-32-101(99)121(123(89)122)102-33-14-12-31-100(102)120)77-44-52-84(53-45-77)132(83-50-42-76(43-51-83)75-24-7-5-8-25-75)87-56-62-96-95-28-17-21-40-115(95)134-116(96)74-87)46-57-91(111)93-60-54-85(72-113(93)129)133(82-26-9-6-10-27-82)86-55-61-94-92-58-47-80(70-112(92)130(3,4)114(94)73-86)90-65-66-103(105-37-23-36-104-97-29-18-22-41-117(97)136-128(104)105)125-124(90)126-106-34-15-19-38-109(106)131(126)110-39-20-16-35-107(110)127(125)131/h5-74,120-121,126-127H,1-4H3. The van der Waals surface area contributed by atoms with Gasteiger partial charge in [-0.05, 0) is 293 Å². The molecule has 0 radical (unpaired) electrons. The summed E-state index contributed by atoms with van der Waals surface area (Å²) >= 11 is 3.85. The Morgan fingerprint density at radius 1 is 0.213 bits per heavy atom. The van der Waals surface area contributed by atoms with Gasteiger partial charge in [0.2, 0.25) is 0 Å². The van der Waals surface area contributed by atoms with Crippen molar-refractivity contribution in [2.75, 3.05) is 9.80 Å². The maximum absolute atomic E-state index is 6.56. The molecule has 0 saturated heterocycles. The fraction of sp³-hybridized carbons (Fsp3) is 0.0840. The topological polar surface area (TPSA) is 19.6 Å². The molecule has 638 valence electrons. The quantitative estimate of drug-likeness (QED) is 0.122. The second kappa shape index (κ2) is 28.2. The zero-order chi connectivity index (χ0) is 89.5. The summed E-state index contributed by atoms with van der Waals surface area (Å²) in [6, 6.07) is 162. The van der Waals surface area contributed by atoms with E-state index < -0.39 is 0 Å². The molecule has 20 aromatic carbocycles. The number of nitrogens with zero attached hydrogens (tertiary/aromatic N) is 2. The van der Waals surface area contributed by atoms with Gasteiger partial charge in [-0.15, -0.1) is 22.7 Å². The number of para-hydroxylation sites is 2. The maximum Gasteiger partial charge on any atom is 0.137 e. The van der Waals surface area contributed by atoms with Crippen LogP contribution < -0.4 is 9.80 Å². The van der Waals surface area contributed by atoms with Crippen LogP contribution in [0.25, 0.3) is 151 Å². The summed E-state index contributed by atoms with van der Waals surface area (Å²) < 4.78 is 11.9. The predicted octanol–water partition coefficient (Wildman–Crippen LogP) is 35.8. The molecular weight excluding hydrogens is 1680 g/mol. The largest absolute Gasteiger partial charge is 0.456 e. The highest BCUT2D eigenvalue weighted by Crippen LogP contribution is 2.79. The average Bonchev–Trinajstić information content (AvgIpc) is 1.45. The highest BCUT2D eigenvalue weighted by atomic mass is 32.1. The van der Waals surface area contributed by atoms with E-state index in [1.54, 1.807) is 0 Å². The zero-order valence-electron chi connectivity index (χ0n) is 75.3. The van der Waals surface area contributed by atoms with Crippen molar-refractivity contribution in [1.29, 1.82) is 0 Å². The molecule has 0 amide bonds. The van der Waals surface area contributed by atoms with E-state index in [-0.39, 0.29) is 39.9 Å². The minimum atomic E-state index is -0.308. The van der Waals surface area contributed by atoms with Gasteiger partial charge in [0.15, 0.2) is 0 Å². The molecule has 8 aliphatic carbocycles. The summed E-state index contributed by atoms with van der Waals surface area (Å²) in [5.41, 5.74) is 50.9. The van der Waals surface area contributed by atoms with Gasteiger partial charge in [0.05, 0.1) is 0 Å². The van der Waals surface area contributed by atoms with Crippen LogP contribution in [0.1, 0.15) is 140 Å². The number of furan rings is 1. The number of hydrogen-bond donors (Lipinski definition) is 0. The van der Waals surface area contributed by atoms with Crippen molar-refractivity contribution in [1.82, 2.24) is 0 Å². The van der Waals surface area contributed by atoms with Crippen LogP contribution in [0, 0.1) is 0 Å². The Hall–Kier alpha value is -15.8. The first kappa shape index (κ1) is 76.8. The monoisotopic (exact) mass is 1770 g/mol. The summed E-state index contributed by atoms with van der Waals surface area (Å²) in [5.74, 6) is 0.624. The predicted molar refractivity (Wildman–Crippen MR) is 569 cm³/mol. The highest BCUT2D eigenvalue weighted by molar-refractivity contribution is 7.26. The van der Waals surface area contributed by atoms with E-state index in [9.17, 15) is 0 Å². The summed E-state index contributed by atoms with van der Waals surface area (Å²) in [5, 5.41) is 7.49. The lowest BCUT2D eigenvalue weighted by Gasteiger charge is -2.58. The van der Waals surface area contributed by atoms with Crippen LogP contribution in [0.2, 0.25) is 0 Å². The van der Waals surface area contributed by atoms with Crippen LogP contribution in [0.15, 0.2) is 429 Å². The Bertz CT molecular complexity index is 9110.